The predicted octanol–water partition coefficient (Wildman–Crippen LogP) is 4.55. The van der Waals surface area contributed by atoms with Crippen LogP contribution in [0.25, 0.3) is 11.1 Å². The first-order chi connectivity index (χ1) is 15.4. The van der Waals surface area contributed by atoms with Gasteiger partial charge < -0.3 is 14.8 Å². The van der Waals surface area contributed by atoms with Crippen LogP contribution in [0.2, 0.25) is 5.02 Å². The average Bonchev–Trinajstić information content (AvgIpc) is 2.78. The maximum atomic E-state index is 13.0. The lowest BCUT2D eigenvalue weighted by molar-refractivity contribution is -0.139. The Morgan fingerprint density at radius 3 is 2.09 bits per heavy atom. The minimum Gasteiger partial charge on any atom is -0.463 e. The summed E-state index contributed by atoms with van der Waals surface area (Å²) in [6, 6.07) is 14.6. The lowest BCUT2D eigenvalue weighted by Gasteiger charge is -2.31. The van der Waals surface area contributed by atoms with Gasteiger partial charge in [-0.2, -0.15) is 0 Å². The molecule has 0 radical (unpaired) electrons. The quantitative estimate of drug-likeness (QED) is 0.489. The summed E-state index contributed by atoms with van der Waals surface area (Å²) in [5, 5.41) is 3.40. The Morgan fingerprint density at radius 1 is 0.938 bits per heavy atom. The smallest absolute Gasteiger partial charge is 0.337 e. The summed E-state index contributed by atoms with van der Waals surface area (Å²) in [6.45, 7) is 5.33. The van der Waals surface area contributed by atoms with E-state index in [2.05, 4.69) is 5.32 Å². The monoisotopic (exact) mass is 453 g/mol. The van der Waals surface area contributed by atoms with Gasteiger partial charge in [0, 0.05) is 16.3 Å². The molecule has 6 nitrogen and oxygen atoms in total. The lowest BCUT2D eigenvalue weighted by atomic mass is 9.77. The Labute approximate surface area is 191 Å². The molecule has 0 aromatic heterocycles. The van der Waals surface area contributed by atoms with Crippen molar-refractivity contribution in [2.24, 2.45) is 0 Å². The van der Waals surface area contributed by atoms with E-state index in [0.29, 0.717) is 22.6 Å². The van der Waals surface area contributed by atoms with Gasteiger partial charge >= 0.3 is 11.9 Å². The normalized spacial score (nSPS) is 15.8. The van der Waals surface area contributed by atoms with Gasteiger partial charge in [-0.25, -0.2) is 9.59 Å². The third-order valence-electron chi connectivity index (χ3n) is 5.14. The maximum absolute atomic E-state index is 13.0. The first kappa shape index (κ1) is 23.3. The van der Waals surface area contributed by atoms with Crippen LogP contribution in [0.4, 0.5) is 0 Å². The summed E-state index contributed by atoms with van der Waals surface area (Å²) in [5.41, 5.74) is 2.86. The van der Waals surface area contributed by atoms with Crippen LogP contribution in [0.3, 0.4) is 0 Å². The Morgan fingerprint density at radius 2 is 1.50 bits per heavy atom. The molecule has 0 saturated heterocycles. The molecular formula is C25H24ClNO5. The number of carbonyl (C=O) groups is 3. The lowest BCUT2D eigenvalue weighted by Crippen LogP contribution is -2.34. The van der Waals surface area contributed by atoms with Crippen molar-refractivity contribution in [1.82, 2.24) is 5.32 Å². The van der Waals surface area contributed by atoms with Gasteiger partial charge in [0.05, 0.1) is 36.0 Å². The average molecular weight is 454 g/mol. The number of rotatable bonds is 7. The number of carbonyl (C=O) groups excluding carboxylic acids is 3. The van der Waals surface area contributed by atoms with Gasteiger partial charge in [-0.3, -0.25) is 4.79 Å². The van der Waals surface area contributed by atoms with E-state index in [1.165, 1.54) is 0 Å². The highest BCUT2D eigenvalue weighted by Gasteiger charge is 2.40. The second-order valence-electron chi connectivity index (χ2n) is 7.05. The maximum Gasteiger partial charge on any atom is 0.337 e. The van der Waals surface area contributed by atoms with Gasteiger partial charge in [0.2, 0.25) is 0 Å². The van der Waals surface area contributed by atoms with Crippen molar-refractivity contribution in [3.05, 3.63) is 81.7 Å². The number of halogens is 1. The van der Waals surface area contributed by atoms with Crippen LogP contribution in [0.1, 0.15) is 32.3 Å². The molecule has 7 heteroatoms. The van der Waals surface area contributed by atoms with Crippen LogP contribution in [-0.2, 0) is 23.9 Å². The number of nitrogens with one attached hydrogen (secondary N) is 1. The number of allylic oxidation sites excluding steroid dienone is 2. The van der Waals surface area contributed by atoms with E-state index in [1.54, 1.807) is 32.9 Å². The van der Waals surface area contributed by atoms with Crippen molar-refractivity contribution >= 4 is 29.8 Å². The standard InChI is InChI=1S/C25H24ClNO5/c1-4-31-24(29)21-15(3)27-20(14-28)23(25(30)32-5-2)22(21)18-12-7-6-10-16(18)17-11-8-9-13-19(17)26/h6-14,22,27H,4-5H2,1-3H3. The molecule has 0 amide bonds. The predicted molar refractivity (Wildman–Crippen MR) is 122 cm³/mol. The zero-order chi connectivity index (χ0) is 23.3. The van der Waals surface area contributed by atoms with E-state index >= 15 is 0 Å². The van der Waals surface area contributed by atoms with Gasteiger partial charge in [-0.05, 0) is 38.0 Å². The summed E-state index contributed by atoms with van der Waals surface area (Å²) >= 11 is 6.48. The van der Waals surface area contributed by atoms with Gasteiger partial charge in [-0.15, -0.1) is 0 Å². The van der Waals surface area contributed by atoms with E-state index in [9.17, 15) is 14.4 Å². The molecule has 0 bridgehead atoms. The molecule has 0 fully saturated rings. The summed E-state index contributed by atoms with van der Waals surface area (Å²) < 4.78 is 10.6. The van der Waals surface area contributed by atoms with E-state index in [4.69, 9.17) is 21.1 Å². The molecule has 1 atom stereocenters. The number of hydrogen-bond acceptors (Lipinski definition) is 6. The fourth-order valence-corrected chi connectivity index (χ4v) is 4.08. The Kier molecular flexibility index (Phi) is 7.49. The first-order valence-electron chi connectivity index (χ1n) is 10.3. The summed E-state index contributed by atoms with van der Waals surface area (Å²) in [6.07, 6.45) is 0.558. The van der Waals surface area contributed by atoms with E-state index in [0.717, 1.165) is 11.1 Å². The highest BCUT2D eigenvalue weighted by molar-refractivity contribution is 6.33. The highest BCUT2D eigenvalue weighted by atomic mass is 35.5. The molecule has 166 valence electrons. The number of aldehydes is 1. The number of ether oxygens (including phenoxy) is 2. The van der Waals surface area contributed by atoms with Crippen molar-refractivity contribution in [1.29, 1.82) is 0 Å². The largest absolute Gasteiger partial charge is 0.463 e. The third kappa shape index (κ3) is 4.46. The van der Waals surface area contributed by atoms with Crippen LogP contribution in [0, 0.1) is 0 Å². The van der Waals surface area contributed by atoms with Crippen LogP contribution in [0.15, 0.2) is 71.1 Å². The summed E-state index contributed by atoms with van der Waals surface area (Å²) in [7, 11) is 0. The molecule has 3 rings (SSSR count). The van der Waals surface area contributed by atoms with Gasteiger partial charge in [0.15, 0.2) is 6.29 Å². The SMILES string of the molecule is CCOC(=O)C1=C(C)NC(C=O)=C(C(=O)OCC)C1c1ccccc1-c1ccccc1Cl. The van der Waals surface area contributed by atoms with E-state index in [-0.39, 0.29) is 30.1 Å². The van der Waals surface area contributed by atoms with Crippen molar-refractivity contribution in [2.75, 3.05) is 13.2 Å². The fourth-order valence-electron chi connectivity index (χ4n) is 3.85. The highest BCUT2D eigenvalue weighted by Crippen LogP contribution is 2.43. The second kappa shape index (κ2) is 10.3. The second-order valence-corrected chi connectivity index (χ2v) is 7.46. The van der Waals surface area contributed by atoms with Gasteiger partial charge in [0.25, 0.3) is 0 Å². The fraction of sp³-hybridized carbons (Fsp3) is 0.240. The van der Waals surface area contributed by atoms with Crippen molar-refractivity contribution in [3.8, 4) is 11.1 Å². The summed E-state index contributed by atoms with van der Waals surface area (Å²) in [4.78, 5) is 38.0. The molecule has 1 aliphatic rings. The van der Waals surface area contributed by atoms with Gasteiger partial charge in [-0.1, -0.05) is 54.1 Å². The molecule has 1 aliphatic heterocycles. The topological polar surface area (TPSA) is 81.7 Å². The first-order valence-corrected chi connectivity index (χ1v) is 10.7. The molecular weight excluding hydrogens is 430 g/mol. The third-order valence-corrected chi connectivity index (χ3v) is 5.47. The molecule has 2 aromatic rings. The number of dihydropyridines is 1. The Hall–Kier alpha value is -3.38. The van der Waals surface area contributed by atoms with Crippen molar-refractivity contribution in [3.63, 3.8) is 0 Å². The molecule has 0 saturated carbocycles. The van der Waals surface area contributed by atoms with Crippen LogP contribution in [-0.4, -0.2) is 31.4 Å². The Balaban J connectivity index is 2.34. The number of hydrogen-bond donors (Lipinski definition) is 1. The van der Waals surface area contributed by atoms with Gasteiger partial charge in [0.1, 0.15) is 0 Å². The molecule has 1 N–H and O–H groups in total. The zero-order valence-corrected chi connectivity index (χ0v) is 18.9. The molecule has 2 aromatic carbocycles. The van der Waals surface area contributed by atoms with Crippen LogP contribution < -0.4 is 5.32 Å². The van der Waals surface area contributed by atoms with Crippen molar-refractivity contribution in [2.45, 2.75) is 26.7 Å². The molecule has 0 aliphatic carbocycles. The molecule has 1 heterocycles. The Bertz CT molecular complexity index is 1120. The molecule has 0 spiro atoms. The summed E-state index contributed by atoms with van der Waals surface area (Å²) in [5.74, 6) is -2.15. The van der Waals surface area contributed by atoms with E-state index in [1.807, 2.05) is 36.4 Å². The van der Waals surface area contributed by atoms with Crippen LogP contribution in [0.5, 0.6) is 0 Å². The number of benzene rings is 2. The molecule has 32 heavy (non-hydrogen) atoms. The van der Waals surface area contributed by atoms with Crippen LogP contribution >= 0.6 is 11.6 Å². The minimum atomic E-state index is -0.887. The minimum absolute atomic E-state index is 0.0490. The van der Waals surface area contributed by atoms with E-state index < -0.39 is 17.9 Å². The van der Waals surface area contributed by atoms with Crippen molar-refractivity contribution < 1.29 is 23.9 Å². The number of esters is 2. The molecule has 1 unspecified atom stereocenters. The zero-order valence-electron chi connectivity index (χ0n) is 18.1.